The third-order valence-electron chi connectivity index (χ3n) is 5.82. The second-order valence-corrected chi connectivity index (χ2v) is 8.94. The lowest BCUT2D eigenvalue weighted by Gasteiger charge is -2.22. The van der Waals surface area contributed by atoms with E-state index in [-0.39, 0.29) is 5.91 Å². The number of pyridine rings is 1. The number of hydrogen-bond acceptors (Lipinski definition) is 7. The van der Waals surface area contributed by atoms with Crippen LogP contribution in [0.3, 0.4) is 0 Å². The predicted octanol–water partition coefficient (Wildman–Crippen LogP) is 5.16. The van der Waals surface area contributed by atoms with Crippen molar-refractivity contribution in [3.63, 3.8) is 0 Å². The molecule has 4 aromatic rings. The van der Waals surface area contributed by atoms with Crippen molar-refractivity contribution >= 4 is 38.3 Å². The third-order valence-corrected chi connectivity index (χ3v) is 6.86. The van der Waals surface area contributed by atoms with Gasteiger partial charge in [0.25, 0.3) is 5.91 Å². The normalized spacial score (nSPS) is 12.5. The summed E-state index contributed by atoms with van der Waals surface area (Å²) in [5.74, 6) is 1.30. The van der Waals surface area contributed by atoms with Crippen molar-refractivity contribution < 1.29 is 14.3 Å². The van der Waals surface area contributed by atoms with Crippen LogP contribution in [0.4, 0.5) is 10.8 Å². The van der Waals surface area contributed by atoms with Crippen molar-refractivity contribution in [2.75, 3.05) is 36.1 Å². The number of anilines is 2. The van der Waals surface area contributed by atoms with Gasteiger partial charge in [0.2, 0.25) is 0 Å². The maximum Gasteiger partial charge on any atom is 0.260 e. The molecule has 0 bridgehead atoms. The van der Waals surface area contributed by atoms with Crippen LogP contribution in [0.25, 0.3) is 10.2 Å². The van der Waals surface area contributed by atoms with Crippen LogP contribution in [0, 0.1) is 0 Å². The number of aromatic nitrogens is 2. The van der Waals surface area contributed by atoms with Crippen molar-refractivity contribution in [3.05, 3.63) is 72.1 Å². The maximum atomic E-state index is 13.7. The Morgan fingerprint density at radius 3 is 2.44 bits per heavy atom. The van der Waals surface area contributed by atoms with Crippen molar-refractivity contribution in [1.82, 2.24) is 9.97 Å². The molecule has 7 nitrogen and oxygen atoms in total. The molecule has 1 amide bonds. The molecule has 1 aliphatic rings. The summed E-state index contributed by atoms with van der Waals surface area (Å²) < 4.78 is 12.4. The number of carbonyl (C=O) groups excluding carboxylic acids is 1. The molecule has 1 aliphatic heterocycles. The number of benzene rings is 2. The van der Waals surface area contributed by atoms with Crippen molar-refractivity contribution in [2.24, 2.45) is 0 Å². The standard InChI is InChI=1S/C26H26N4O3S/c1-3-29(4-2)20-9-7-19(8-10-20)25(31)30(17-18-6-5-11-27-16-18)26-28-21-14-22-23(15-24(21)34-26)33-13-12-32-22/h5-11,14-16H,3-4,12-13,17H2,1-2H3. The summed E-state index contributed by atoms with van der Waals surface area (Å²) in [6, 6.07) is 15.4. The summed E-state index contributed by atoms with van der Waals surface area (Å²) in [7, 11) is 0. The summed E-state index contributed by atoms with van der Waals surface area (Å²) in [5, 5.41) is 0.624. The summed E-state index contributed by atoms with van der Waals surface area (Å²) in [6.07, 6.45) is 3.50. The SMILES string of the molecule is CCN(CC)c1ccc(C(=O)N(Cc2cccnc2)c2nc3cc4c(cc3s2)OCCO4)cc1. The number of nitrogens with zero attached hydrogens (tertiary/aromatic N) is 4. The molecule has 0 atom stereocenters. The van der Waals surface area contributed by atoms with Gasteiger partial charge in [-0.05, 0) is 49.7 Å². The van der Waals surface area contributed by atoms with E-state index in [0.717, 1.165) is 34.6 Å². The molecule has 0 spiro atoms. The van der Waals surface area contributed by atoms with Crippen LogP contribution >= 0.6 is 11.3 Å². The van der Waals surface area contributed by atoms with E-state index in [9.17, 15) is 4.79 Å². The van der Waals surface area contributed by atoms with Gasteiger partial charge in [0.15, 0.2) is 16.6 Å². The van der Waals surface area contributed by atoms with Gasteiger partial charge in [0.1, 0.15) is 13.2 Å². The minimum Gasteiger partial charge on any atom is -0.486 e. The molecular formula is C26H26N4O3S. The van der Waals surface area contributed by atoms with E-state index in [1.54, 1.807) is 17.3 Å². The van der Waals surface area contributed by atoms with Gasteiger partial charge < -0.3 is 14.4 Å². The Labute approximate surface area is 202 Å². The molecule has 0 radical (unpaired) electrons. The van der Waals surface area contributed by atoms with Crippen LogP contribution in [-0.4, -0.2) is 42.2 Å². The molecule has 0 unspecified atom stereocenters. The zero-order valence-corrected chi connectivity index (χ0v) is 20.0. The van der Waals surface area contributed by atoms with Gasteiger partial charge in [-0.2, -0.15) is 0 Å². The van der Waals surface area contributed by atoms with Gasteiger partial charge in [-0.25, -0.2) is 4.98 Å². The fourth-order valence-corrected chi connectivity index (χ4v) is 5.00. The van der Waals surface area contributed by atoms with E-state index in [4.69, 9.17) is 14.5 Å². The van der Waals surface area contributed by atoms with E-state index in [1.807, 2.05) is 48.5 Å². The number of carbonyl (C=O) groups is 1. The van der Waals surface area contributed by atoms with Crippen LogP contribution in [0.2, 0.25) is 0 Å². The zero-order valence-electron chi connectivity index (χ0n) is 19.2. The lowest BCUT2D eigenvalue weighted by atomic mass is 10.1. The van der Waals surface area contributed by atoms with E-state index >= 15 is 0 Å². The Morgan fingerprint density at radius 2 is 1.76 bits per heavy atom. The highest BCUT2D eigenvalue weighted by atomic mass is 32.1. The van der Waals surface area contributed by atoms with Crippen molar-refractivity contribution in [1.29, 1.82) is 0 Å². The molecule has 34 heavy (non-hydrogen) atoms. The average molecular weight is 475 g/mol. The molecule has 3 heterocycles. The van der Waals surface area contributed by atoms with Crippen molar-refractivity contribution in [3.8, 4) is 11.5 Å². The first-order valence-corrected chi connectivity index (χ1v) is 12.2. The Hall–Kier alpha value is -3.65. The van der Waals surface area contributed by atoms with Gasteiger partial charge in [-0.1, -0.05) is 17.4 Å². The Morgan fingerprint density at radius 1 is 1.03 bits per heavy atom. The monoisotopic (exact) mass is 474 g/mol. The molecule has 2 aromatic carbocycles. The number of fused-ring (bicyclic) bond motifs is 2. The van der Waals surface area contributed by atoms with Gasteiger partial charge in [0, 0.05) is 48.9 Å². The third kappa shape index (κ3) is 4.41. The van der Waals surface area contributed by atoms with Crippen LogP contribution in [0.15, 0.2) is 60.9 Å². The van der Waals surface area contributed by atoms with E-state index in [2.05, 4.69) is 23.7 Å². The molecule has 174 valence electrons. The first kappa shape index (κ1) is 22.2. The average Bonchev–Trinajstić information content (AvgIpc) is 3.29. The minimum atomic E-state index is -0.105. The smallest absolute Gasteiger partial charge is 0.260 e. The first-order valence-electron chi connectivity index (χ1n) is 11.4. The van der Waals surface area contributed by atoms with Gasteiger partial charge in [-0.15, -0.1) is 0 Å². The molecular weight excluding hydrogens is 448 g/mol. The summed E-state index contributed by atoms with van der Waals surface area (Å²) in [5.41, 5.74) is 3.43. The maximum absolute atomic E-state index is 13.7. The summed E-state index contributed by atoms with van der Waals surface area (Å²) in [6.45, 7) is 7.50. The summed E-state index contributed by atoms with van der Waals surface area (Å²) in [4.78, 5) is 26.7. The molecule has 0 aliphatic carbocycles. The fourth-order valence-electron chi connectivity index (χ4n) is 4.03. The Balaban J connectivity index is 1.51. The number of rotatable bonds is 7. The lowest BCUT2D eigenvalue weighted by Crippen LogP contribution is -2.30. The summed E-state index contributed by atoms with van der Waals surface area (Å²) >= 11 is 1.47. The highest BCUT2D eigenvalue weighted by Crippen LogP contribution is 2.39. The van der Waals surface area contributed by atoms with E-state index in [0.29, 0.717) is 42.0 Å². The Kier molecular flexibility index (Phi) is 6.31. The largest absolute Gasteiger partial charge is 0.486 e. The molecule has 0 saturated heterocycles. The number of amides is 1. The lowest BCUT2D eigenvalue weighted by molar-refractivity contribution is 0.0985. The topological polar surface area (TPSA) is 67.8 Å². The van der Waals surface area contributed by atoms with Gasteiger partial charge in [-0.3, -0.25) is 14.7 Å². The highest BCUT2D eigenvalue weighted by molar-refractivity contribution is 7.22. The number of hydrogen-bond donors (Lipinski definition) is 0. The quantitative estimate of drug-likeness (QED) is 0.369. The fraction of sp³-hybridized carbons (Fsp3) is 0.269. The molecule has 2 aromatic heterocycles. The molecule has 0 N–H and O–H groups in total. The van der Waals surface area contributed by atoms with Gasteiger partial charge >= 0.3 is 0 Å². The minimum absolute atomic E-state index is 0.105. The predicted molar refractivity (Wildman–Crippen MR) is 135 cm³/mol. The van der Waals surface area contributed by atoms with E-state index in [1.165, 1.54) is 11.3 Å². The zero-order chi connectivity index (χ0) is 23.5. The first-order chi connectivity index (χ1) is 16.7. The van der Waals surface area contributed by atoms with Crippen LogP contribution in [0.1, 0.15) is 29.8 Å². The van der Waals surface area contributed by atoms with Gasteiger partial charge in [0.05, 0.1) is 16.8 Å². The molecule has 5 rings (SSSR count). The number of thiazole rings is 1. The van der Waals surface area contributed by atoms with Crippen molar-refractivity contribution in [2.45, 2.75) is 20.4 Å². The van der Waals surface area contributed by atoms with Crippen LogP contribution in [-0.2, 0) is 6.54 Å². The Bertz CT molecular complexity index is 1240. The van der Waals surface area contributed by atoms with Crippen LogP contribution in [0.5, 0.6) is 11.5 Å². The van der Waals surface area contributed by atoms with Crippen LogP contribution < -0.4 is 19.3 Å². The molecule has 0 saturated carbocycles. The van der Waals surface area contributed by atoms with E-state index < -0.39 is 0 Å². The highest BCUT2D eigenvalue weighted by Gasteiger charge is 2.23. The molecule has 8 heteroatoms. The number of ether oxygens (including phenoxy) is 2. The second-order valence-electron chi connectivity index (χ2n) is 7.93. The molecule has 0 fully saturated rings. The second kappa shape index (κ2) is 9.69.